The van der Waals surface area contributed by atoms with E-state index in [-0.39, 0.29) is 27.6 Å². The molecule has 4 aromatic rings. The van der Waals surface area contributed by atoms with E-state index in [1.165, 1.54) is 55.0 Å². The summed E-state index contributed by atoms with van der Waals surface area (Å²) in [6, 6.07) is 10.4. The number of halogens is 1. The number of hydrogen-bond donors (Lipinski definition) is 2. The highest BCUT2D eigenvalue weighted by atomic mass is 35.5. The van der Waals surface area contributed by atoms with E-state index in [2.05, 4.69) is 31.6 Å². The molecule has 37 heavy (non-hydrogen) atoms. The smallest absolute Gasteiger partial charge is 0.263 e. The van der Waals surface area contributed by atoms with E-state index in [0.717, 1.165) is 19.4 Å². The molecule has 0 radical (unpaired) electrons. The van der Waals surface area contributed by atoms with E-state index in [9.17, 15) is 13.2 Å². The quantitative estimate of drug-likeness (QED) is 0.323. The van der Waals surface area contributed by atoms with Gasteiger partial charge in [0.1, 0.15) is 17.8 Å². The molecule has 194 valence electrons. The Labute approximate surface area is 218 Å². The number of methoxy groups -OCH3 is 1. The second kappa shape index (κ2) is 9.71. The molecule has 3 heterocycles. The number of aromatic nitrogens is 3. The van der Waals surface area contributed by atoms with Crippen LogP contribution in [0.3, 0.4) is 0 Å². The van der Waals surface area contributed by atoms with Crippen LogP contribution in [0, 0.1) is 5.41 Å². The average molecular weight is 544 g/mol. The van der Waals surface area contributed by atoms with Gasteiger partial charge in [0.25, 0.3) is 15.6 Å². The van der Waals surface area contributed by atoms with E-state index in [4.69, 9.17) is 16.3 Å². The predicted molar refractivity (Wildman–Crippen MR) is 141 cm³/mol. The number of sulfonamides is 1. The first kappa shape index (κ1) is 25.1. The third-order valence-corrected chi connectivity index (χ3v) is 8.34. The number of pyridine rings is 2. The van der Waals surface area contributed by atoms with Crippen molar-refractivity contribution >= 4 is 44.2 Å². The maximum absolute atomic E-state index is 13.0. The zero-order valence-electron chi connectivity index (χ0n) is 20.3. The summed E-state index contributed by atoms with van der Waals surface area (Å²) in [6.45, 7) is 2.98. The minimum Gasteiger partial charge on any atom is -0.479 e. The Morgan fingerprint density at radius 3 is 2.65 bits per heavy atom. The van der Waals surface area contributed by atoms with Gasteiger partial charge in [-0.2, -0.15) is 4.98 Å². The normalized spacial score (nSPS) is 15.1. The van der Waals surface area contributed by atoms with Crippen LogP contribution in [0.25, 0.3) is 16.6 Å². The first-order valence-corrected chi connectivity index (χ1v) is 13.6. The van der Waals surface area contributed by atoms with Crippen LogP contribution in [-0.2, 0) is 10.0 Å². The Morgan fingerprint density at radius 2 is 1.95 bits per heavy atom. The molecule has 1 saturated carbocycles. The Kier molecular flexibility index (Phi) is 6.59. The molecule has 0 atom stereocenters. The Balaban J connectivity index is 1.53. The van der Waals surface area contributed by atoms with Crippen LogP contribution in [0.15, 0.2) is 62.9 Å². The summed E-state index contributed by atoms with van der Waals surface area (Å²) in [6.07, 6.45) is 5.98. The third kappa shape index (κ3) is 5.01. The molecule has 0 unspecified atom stereocenters. The summed E-state index contributed by atoms with van der Waals surface area (Å²) in [5, 5.41) is 7.78. The molecule has 12 heteroatoms. The van der Waals surface area contributed by atoms with E-state index >= 15 is 0 Å². The molecule has 5 rings (SSSR count). The van der Waals surface area contributed by atoms with Gasteiger partial charge in [-0.1, -0.05) is 36.5 Å². The molecular weight excluding hydrogens is 518 g/mol. The van der Waals surface area contributed by atoms with Crippen molar-refractivity contribution in [2.75, 3.05) is 23.7 Å². The second-order valence-electron chi connectivity index (χ2n) is 9.44. The fourth-order valence-corrected chi connectivity index (χ4v) is 5.94. The van der Waals surface area contributed by atoms with E-state index in [1.807, 2.05) is 0 Å². The van der Waals surface area contributed by atoms with Crippen molar-refractivity contribution < 1.29 is 17.7 Å². The van der Waals surface area contributed by atoms with Gasteiger partial charge in [-0.25, -0.2) is 8.42 Å². The van der Waals surface area contributed by atoms with Gasteiger partial charge in [0, 0.05) is 24.1 Å². The monoisotopic (exact) mass is 543 g/mol. The van der Waals surface area contributed by atoms with Crippen LogP contribution in [-0.4, -0.2) is 36.8 Å². The van der Waals surface area contributed by atoms with Crippen LogP contribution in [0.2, 0.25) is 5.02 Å². The zero-order valence-corrected chi connectivity index (χ0v) is 21.9. The zero-order chi connectivity index (χ0) is 26.2. The van der Waals surface area contributed by atoms with Gasteiger partial charge in [-0.15, -0.1) is 0 Å². The Morgan fingerprint density at radius 1 is 1.16 bits per heavy atom. The van der Waals surface area contributed by atoms with Crippen LogP contribution in [0.5, 0.6) is 5.88 Å². The van der Waals surface area contributed by atoms with Gasteiger partial charge in [0.15, 0.2) is 5.82 Å². The molecule has 0 bridgehead atoms. The highest BCUT2D eigenvalue weighted by Crippen LogP contribution is 2.38. The summed E-state index contributed by atoms with van der Waals surface area (Å²) in [7, 11) is -2.46. The van der Waals surface area contributed by atoms with E-state index < -0.39 is 10.0 Å². The lowest BCUT2D eigenvalue weighted by Crippen LogP contribution is -2.24. The molecule has 1 aliphatic carbocycles. The molecule has 0 spiro atoms. The third-order valence-electron chi connectivity index (χ3n) is 6.70. The summed E-state index contributed by atoms with van der Waals surface area (Å²) < 4.78 is 39.6. The number of ether oxygens (including phenoxy) is 1. The minimum absolute atomic E-state index is 0.00345. The number of benzene rings is 1. The number of rotatable bonds is 8. The lowest BCUT2D eigenvalue weighted by atomic mass is 9.89. The van der Waals surface area contributed by atoms with Crippen LogP contribution in [0.1, 0.15) is 32.6 Å². The first-order valence-electron chi connectivity index (χ1n) is 11.8. The van der Waals surface area contributed by atoms with Crippen molar-refractivity contribution in [2.45, 2.75) is 37.5 Å². The number of anilines is 2. The Hall–Kier alpha value is -3.57. The lowest BCUT2D eigenvalue weighted by molar-refractivity contribution is 0.361. The highest BCUT2D eigenvalue weighted by molar-refractivity contribution is 7.92. The largest absolute Gasteiger partial charge is 0.479 e. The molecule has 1 aromatic carbocycles. The standard InChI is InChI=1S/C25H26ClN5O5S/c1-25(10-3-4-11-25)15-27-23-18(26)14-20(24(28-23)35-2)31-19-7-6-17(13-16(19)5-8-22(31)32)37(33,34)30-21-9-12-36-29-21/h5-9,12-14H,3-4,10-11,15H2,1-2H3,(H,27,28)(H,29,30). The fraction of sp³-hybridized carbons (Fsp3) is 0.320. The molecule has 1 aliphatic rings. The van der Waals surface area contributed by atoms with Gasteiger partial charge in [-0.3, -0.25) is 14.1 Å². The van der Waals surface area contributed by atoms with Crippen molar-refractivity contribution in [1.29, 1.82) is 0 Å². The number of nitrogens with one attached hydrogen (secondary N) is 2. The van der Waals surface area contributed by atoms with Crippen molar-refractivity contribution in [1.82, 2.24) is 14.7 Å². The van der Waals surface area contributed by atoms with Gasteiger partial charge in [-0.05, 0) is 48.6 Å². The van der Waals surface area contributed by atoms with E-state index in [1.54, 1.807) is 18.2 Å². The molecular formula is C25H26ClN5O5S. The molecule has 0 amide bonds. The SMILES string of the molecule is COc1nc(NCC2(C)CCCC2)c(Cl)cc1-n1c(=O)ccc2cc(S(=O)(=O)Nc3ccon3)ccc21. The number of fused-ring (bicyclic) bond motifs is 1. The van der Waals surface area contributed by atoms with Crippen molar-refractivity contribution in [3.8, 4) is 11.6 Å². The minimum atomic E-state index is -3.93. The van der Waals surface area contributed by atoms with Gasteiger partial charge in [0.2, 0.25) is 5.88 Å². The molecule has 10 nitrogen and oxygen atoms in total. The van der Waals surface area contributed by atoms with Crippen LogP contribution in [0.4, 0.5) is 11.6 Å². The van der Waals surface area contributed by atoms with Crippen molar-refractivity contribution in [3.63, 3.8) is 0 Å². The van der Waals surface area contributed by atoms with Crippen molar-refractivity contribution in [2.24, 2.45) is 5.41 Å². The van der Waals surface area contributed by atoms with Gasteiger partial charge < -0.3 is 14.6 Å². The highest BCUT2D eigenvalue weighted by Gasteiger charge is 2.29. The molecule has 0 saturated heterocycles. The van der Waals surface area contributed by atoms with E-state index in [0.29, 0.717) is 27.4 Å². The summed E-state index contributed by atoms with van der Waals surface area (Å²) in [5.41, 5.74) is 0.642. The van der Waals surface area contributed by atoms with Crippen molar-refractivity contribution in [3.05, 3.63) is 64.1 Å². The van der Waals surface area contributed by atoms with Crippen LogP contribution < -0.4 is 20.3 Å². The summed E-state index contributed by atoms with van der Waals surface area (Å²) in [4.78, 5) is 17.6. The lowest BCUT2D eigenvalue weighted by Gasteiger charge is -2.24. The van der Waals surface area contributed by atoms with Gasteiger partial charge in [0.05, 0.1) is 22.5 Å². The van der Waals surface area contributed by atoms with Crippen LogP contribution >= 0.6 is 11.6 Å². The van der Waals surface area contributed by atoms with Gasteiger partial charge >= 0.3 is 0 Å². The molecule has 0 aliphatic heterocycles. The fourth-order valence-electron chi connectivity index (χ4n) is 4.70. The molecule has 1 fully saturated rings. The topological polar surface area (TPSA) is 128 Å². The maximum atomic E-state index is 13.0. The summed E-state index contributed by atoms with van der Waals surface area (Å²) >= 11 is 6.60. The first-order chi connectivity index (χ1) is 17.7. The predicted octanol–water partition coefficient (Wildman–Crippen LogP) is 4.83. The number of hydrogen-bond acceptors (Lipinski definition) is 8. The molecule has 2 N–H and O–H groups in total. The molecule has 3 aromatic heterocycles. The Bertz CT molecular complexity index is 1610. The average Bonchev–Trinajstić information content (AvgIpc) is 3.54. The number of nitrogens with zero attached hydrogens (tertiary/aromatic N) is 3. The maximum Gasteiger partial charge on any atom is 0.263 e. The summed E-state index contributed by atoms with van der Waals surface area (Å²) in [5.74, 6) is 0.754. The second-order valence-corrected chi connectivity index (χ2v) is 11.5.